The monoisotopic (exact) mass is 536 g/mol. The fourth-order valence-corrected chi connectivity index (χ4v) is 5.76. The molecule has 1 saturated heterocycles. The van der Waals surface area contributed by atoms with Crippen molar-refractivity contribution in [3.63, 3.8) is 0 Å². The molecule has 4 atom stereocenters. The number of anilines is 2. The molecule has 3 heterocycles. The van der Waals surface area contributed by atoms with Gasteiger partial charge in [0.1, 0.15) is 18.2 Å². The van der Waals surface area contributed by atoms with E-state index in [1.807, 2.05) is 0 Å². The van der Waals surface area contributed by atoms with Crippen LogP contribution in [0.1, 0.15) is 25.8 Å². The van der Waals surface area contributed by atoms with E-state index in [1.54, 1.807) is 31.2 Å². The van der Waals surface area contributed by atoms with Crippen LogP contribution < -0.4 is 10.2 Å². The van der Waals surface area contributed by atoms with Crippen molar-refractivity contribution in [1.82, 2.24) is 5.16 Å². The summed E-state index contributed by atoms with van der Waals surface area (Å²) in [7, 11) is -2.81. The lowest BCUT2D eigenvalue weighted by atomic mass is 10.0. The number of nitrogens with zero attached hydrogens (tertiary/aromatic N) is 3. The molecule has 2 amide bonds. The van der Waals surface area contributed by atoms with E-state index in [2.05, 4.69) is 14.8 Å². The maximum atomic E-state index is 15.1. The van der Waals surface area contributed by atoms with Crippen LogP contribution in [-0.4, -0.2) is 70.1 Å². The molecule has 4 rings (SSSR count). The van der Waals surface area contributed by atoms with E-state index in [9.17, 15) is 18.9 Å². The predicted octanol–water partition coefficient (Wildman–Crippen LogP) is 3.02. The summed E-state index contributed by atoms with van der Waals surface area (Å²) < 4.78 is 47.2. The predicted molar refractivity (Wildman–Crippen MR) is 134 cm³/mol. The van der Waals surface area contributed by atoms with Gasteiger partial charge in [-0.15, -0.1) is 0 Å². The van der Waals surface area contributed by atoms with E-state index in [4.69, 9.17) is 14.0 Å². The standard InChI is InChI=1S/C24H29FN4O7S/c1-15(14-34-16(2)30)23(31)28-37(33)9-6-17(7-10-37)20-4-3-18(11-21(20)25)29-13-19(36-24(29)32)12-26-22-5-8-35-27-22/h3-6,8,11,15-16,19,30H,7,9-10,12-14H2,1-2H3,(H,26,27)/t15?,16?,19-,37?/m0/s1. The quantitative estimate of drug-likeness (QED) is 0.462. The Morgan fingerprint density at radius 2 is 2.22 bits per heavy atom. The maximum absolute atomic E-state index is 15.1. The second-order valence-corrected chi connectivity index (χ2v) is 11.4. The van der Waals surface area contributed by atoms with Crippen molar-refractivity contribution < 1.29 is 37.3 Å². The summed E-state index contributed by atoms with van der Waals surface area (Å²) in [6.07, 6.45) is 1.32. The molecule has 3 unspecified atom stereocenters. The SMILES string of the molecule is CC(O)OCC(C)C(=O)N=S1(=O)CC=C(c2ccc(N3C[C@H](CNc4ccon4)OC3=O)cc2F)CC1. The van der Waals surface area contributed by atoms with E-state index >= 15 is 4.39 Å². The third-order valence-corrected chi connectivity index (χ3v) is 8.02. The number of nitrogens with one attached hydrogen (secondary N) is 1. The molecule has 0 saturated carbocycles. The Bertz CT molecular complexity index is 1290. The normalized spacial score (nSPS) is 23.2. The first-order chi connectivity index (χ1) is 17.6. The third kappa shape index (κ3) is 6.73. The number of aromatic nitrogens is 1. The zero-order valence-corrected chi connectivity index (χ0v) is 21.3. The number of hydrogen-bond acceptors (Lipinski definition) is 9. The van der Waals surface area contributed by atoms with Gasteiger partial charge in [-0.1, -0.05) is 18.2 Å². The molecule has 0 radical (unpaired) electrons. The van der Waals surface area contributed by atoms with Gasteiger partial charge in [0.15, 0.2) is 12.1 Å². The molecular weight excluding hydrogens is 507 g/mol. The minimum absolute atomic E-state index is 0.0257. The van der Waals surface area contributed by atoms with E-state index in [0.29, 0.717) is 29.2 Å². The largest absolute Gasteiger partial charge is 0.442 e. The lowest BCUT2D eigenvalue weighted by molar-refractivity contribution is -0.129. The number of amides is 2. The van der Waals surface area contributed by atoms with E-state index in [-0.39, 0.29) is 31.1 Å². The summed E-state index contributed by atoms with van der Waals surface area (Å²) in [5, 5.41) is 15.9. The van der Waals surface area contributed by atoms with E-state index in [1.165, 1.54) is 24.2 Å². The van der Waals surface area contributed by atoms with Crippen molar-refractivity contribution in [2.45, 2.75) is 32.7 Å². The van der Waals surface area contributed by atoms with Crippen LogP contribution in [0, 0.1) is 11.7 Å². The number of carbonyl (C=O) groups is 2. The first-order valence-electron chi connectivity index (χ1n) is 11.8. The highest BCUT2D eigenvalue weighted by atomic mass is 32.2. The molecule has 200 valence electrons. The Morgan fingerprint density at radius 3 is 2.86 bits per heavy atom. The van der Waals surface area contributed by atoms with Crippen LogP contribution in [0.15, 0.2) is 45.5 Å². The van der Waals surface area contributed by atoms with Crippen molar-refractivity contribution in [3.05, 3.63) is 48.0 Å². The molecule has 37 heavy (non-hydrogen) atoms. The van der Waals surface area contributed by atoms with Gasteiger partial charge in [0, 0.05) is 17.4 Å². The van der Waals surface area contributed by atoms with Gasteiger partial charge in [-0.3, -0.25) is 9.69 Å². The van der Waals surface area contributed by atoms with Gasteiger partial charge < -0.3 is 24.4 Å². The fourth-order valence-electron chi connectivity index (χ4n) is 3.92. The average Bonchev–Trinajstić information content (AvgIpc) is 3.51. The molecule has 2 aliphatic rings. The molecule has 2 N–H and O–H groups in total. The molecule has 2 aromatic rings. The Morgan fingerprint density at radius 1 is 1.41 bits per heavy atom. The van der Waals surface area contributed by atoms with Gasteiger partial charge in [0.2, 0.25) is 0 Å². The third-order valence-electron chi connectivity index (χ3n) is 5.98. The molecule has 2 aliphatic heterocycles. The number of ether oxygens (including phenoxy) is 2. The van der Waals surface area contributed by atoms with Crippen LogP contribution >= 0.6 is 0 Å². The molecule has 0 aliphatic carbocycles. The molecule has 1 aromatic heterocycles. The van der Waals surface area contributed by atoms with Gasteiger partial charge in [0.25, 0.3) is 5.91 Å². The zero-order valence-electron chi connectivity index (χ0n) is 20.5. The number of cyclic esters (lactones) is 1. The summed E-state index contributed by atoms with van der Waals surface area (Å²) >= 11 is 0. The first kappa shape index (κ1) is 26.8. The lowest BCUT2D eigenvalue weighted by Gasteiger charge is -2.19. The van der Waals surface area contributed by atoms with Crippen molar-refractivity contribution in [2.75, 3.05) is 41.4 Å². The Kier molecular flexibility index (Phi) is 8.25. The highest BCUT2D eigenvalue weighted by Gasteiger charge is 2.33. The number of hydrogen-bond donors (Lipinski definition) is 2. The van der Waals surface area contributed by atoms with Crippen LogP contribution in [-0.2, 0) is 24.0 Å². The zero-order chi connectivity index (χ0) is 26.6. The van der Waals surface area contributed by atoms with Crippen molar-refractivity contribution in [1.29, 1.82) is 0 Å². The summed E-state index contributed by atoms with van der Waals surface area (Å²) in [4.78, 5) is 26.0. The van der Waals surface area contributed by atoms with Gasteiger partial charge in [-0.05, 0) is 37.1 Å². The second kappa shape index (κ2) is 11.4. The number of carbonyl (C=O) groups excluding carboxylic acids is 2. The summed E-state index contributed by atoms with van der Waals surface area (Å²) in [5.74, 6) is -1.05. The highest BCUT2D eigenvalue weighted by Crippen LogP contribution is 2.30. The number of rotatable bonds is 9. The maximum Gasteiger partial charge on any atom is 0.414 e. The number of aliphatic hydroxyl groups is 1. The number of aliphatic hydroxyl groups excluding tert-OH is 1. The molecule has 0 spiro atoms. The highest BCUT2D eigenvalue weighted by molar-refractivity contribution is 7.94. The Hall–Kier alpha value is -3.29. The second-order valence-electron chi connectivity index (χ2n) is 8.93. The Balaban J connectivity index is 1.39. The van der Waals surface area contributed by atoms with Crippen LogP contribution in [0.3, 0.4) is 0 Å². The first-order valence-corrected chi connectivity index (χ1v) is 13.7. The van der Waals surface area contributed by atoms with Crippen LogP contribution in [0.2, 0.25) is 0 Å². The number of benzene rings is 1. The molecular formula is C24H29FN4O7S. The van der Waals surface area contributed by atoms with E-state index < -0.39 is 45.9 Å². The summed E-state index contributed by atoms with van der Waals surface area (Å²) in [6, 6.07) is 6.13. The van der Waals surface area contributed by atoms with Crippen molar-refractivity contribution in [3.8, 4) is 0 Å². The summed E-state index contributed by atoms with van der Waals surface area (Å²) in [6.45, 7) is 3.55. The molecule has 1 fully saturated rings. The van der Waals surface area contributed by atoms with Crippen molar-refractivity contribution >= 4 is 38.8 Å². The minimum atomic E-state index is -2.81. The van der Waals surface area contributed by atoms with Crippen LogP contribution in [0.5, 0.6) is 0 Å². The molecule has 0 bridgehead atoms. The van der Waals surface area contributed by atoms with Gasteiger partial charge >= 0.3 is 6.09 Å². The van der Waals surface area contributed by atoms with E-state index in [0.717, 1.165) is 0 Å². The Labute approximate surface area is 213 Å². The molecule has 11 nitrogen and oxygen atoms in total. The number of halogens is 1. The lowest BCUT2D eigenvalue weighted by Crippen LogP contribution is -2.27. The molecule has 1 aromatic carbocycles. The van der Waals surface area contributed by atoms with Gasteiger partial charge in [-0.25, -0.2) is 13.4 Å². The summed E-state index contributed by atoms with van der Waals surface area (Å²) in [5.41, 5.74) is 1.37. The van der Waals surface area contributed by atoms with Gasteiger partial charge in [0.05, 0.1) is 46.8 Å². The number of allylic oxidation sites excluding steroid dienone is 1. The van der Waals surface area contributed by atoms with Crippen LogP contribution in [0.4, 0.5) is 20.7 Å². The van der Waals surface area contributed by atoms with Gasteiger partial charge in [-0.2, -0.15) is 4.36 Å². The average molecular weight is 537 g/mol. The minimum Gasteiger partial charge on any atom is -0.442 e. The topological polar surface area (TPSA) is 144 Å². The smallest absolute Gasteiger partial charge is 0.414 e. The fraction of sp³-hybridized carbons (Fsp3) is 0.458. The van der Waals surface area contributed by atoms with Crippen LogP contribution in [0.25, 0.3) is 5.57 Å². The van der Waals surface area contributed by atoms with Crippen molar-refractivity contribution in [2.24, 2.45) is 10.3 Å². The molecule has 13 heteroatoms.